The van der Waals surface area contributed by atoms with E-state index in [4.69, 9.17) is 23.2 Å². The molecule has 6 nitrogen and oxygen atoms in total. The van der Waals surface area contributed by atoms with E-state index < -0.39 is 10.2 Å². The van der Waals surface area contributed by atoms with E-state index in [1.807, 2.05) is 0 Å². The molecule has 2 heterocycles. The Morgan fingerprint density at radius 1 is 1.25 bits per heavy atom. The lowest BCUT2D eigenvalue weighted by atomic mass is 10.3. The molecule has 0 unspecified atom stereocenters. The second kappa shape index (κ2) is 4.52. The minimum absolute atomic E-state index is 0.268. The number of hydrogen-bond donors (Lipinski definition) is 0. The first-order chi connectivity index (χ1) is 9.29. The maximum absolute atomic E-state index is 12.3. The molecular formula is C10H8Cl2N4O2S2. The number of rotatable bonds is 0. The zero-order chi connectivity index (χ0) is 14.7. The first-order valence-corrected chi connectivity index (χ1v) is 8.34. The lowest BCUT2D eigenvalue weighted by molar-refractivity contribution is 0.581. The fraction of sp³-hybridized carbons (Fsp3) is 0.200. The van der Waals surface area contributed by atoms with Crippen molar-refractivity contribution in [3.8, 4) is 0 Å². The number of hydrogen-bond acceptors (Lipinski definition) is 5. The SMILES string of the molecule is CN(C)C1=NS(=O)(=O)n2c(nc3cc(Cl)c(Cl)cc32)S1. The Morgan fingerprint density at radius 2 is 1.90 bits per heavy atom. The fourth-order valence-electron chi connectivity index (χ4n) is 1.73. The summed E-state index contributed by atoms with van der Waals surface area (Å²) in [7, 11) is -0.440. The van der Waals surface area contributed by atoms with Gasteiger partial charge in [0, 0.05) is 14.1 Å². The summed E-state index contributed by atoms with van der Waals surface area (Å²) >= 11 is 13.0. The number of imidazole rings is 1. The van der Waals surface area contributed by atoms with Crippen LogP contribution >= 0.6 is 35.0 Å². The van der Waals surface area contributed by atoms with Crippen LogP contribution in [0.25, 0.3) is 11.0 Å². The molecule has 3 rings (SSSR count). The number of nitrogens with zero attached hydrogens (tertiary/aromatic N) is 4. The Balaban J connectivity index is 2.33. The number of aromatic nitrogens is 2. The van der Waals surface area contributed by atoms with Crippen molar-refractivity contribution < 1.29 is 8.42 Å². The van der Waals surface area contributed by atoms with Gasteiger partial charge in [0.25, 0.3) is 0 Å². The largest absolute Gasteiger partial charge is 0.356 e. The predicted molar refractivity (Wildman–Crippen MR) is 81.0 cm³/mol. The summed E-state index contributed by atoms with van der Waals surface area (Å²) < 4.78 is 29.4. The van der Waals surface area contributed by atoms with E-state index in [1.165, 1.54) is 23.9 Å². The third-order valence-corrected chi connectivity index (χ3v) is 5.90. The van der Waals surface area contributed by atoms with E-state index in [1.54, 1.807) is 19.0 Å². The second-order valence-corrected chi connectivity index (χ2v) is 7.45. The van der Waals surface area contributed by atoms with Gasteiger partial charge in [0.15, 0.2) is 10.3 Å². The third kappa shape index (κ3) is 2.07. The van der Waals surface area contributed by atoms with Crippen molar-refractivity contribution in [2.45, 2.75) is 5.16 Å². The summed E-state index contributed by atoms with van der Waals surface area (Å²) in [5.74, 6) is 0. The molecule has 10 heteroatoms. The predicted octanol–water partition coefficient (Wildman–Crippen LogP) is 2.46. The zero-order valence-corrected chi connectivity index (χ0v) is 13.5. The average Bonchev–Trinajstić information content (AvgIpc) is 2.67. The summed E-state index contributed by atoms with van der Waals surface area (Å²) in [4.78, 5) is 5.90. The van der Waals surface area contributed by atoms with Crippen molar-refractivity contribution in [2.24, 2.45) is 4.40 Å². The van der Waals surface area contributed by atoms with Gasteiger partial charge in [-0.2, -0.15) is 12.4 Å². The van der Waals surface area contributed by atoms with Crippen LogP contribution in [-0.2, 0) is 10.2 Å². The molecule has 20 heavy (non-hydrogen) atoms. The van der Waals surface area contributed by atoms with Gasteiger partial charge in [0.1, 0.15) is 0 Å². The Hall–Kier alpha value is -0.960. The van der Waals surface area contributed by atoms with E-state index >= 15 is 0 Å². The monoisotopic (exact) mass is 350 g/mol. The van der Waals surface area contributed by atoms with E-state index in [0.717, 1.165) is 3.97 Å². The summed E-state index contributed by atoms with van der Waals surface area (Å²) in [6.07, 6.45) is 0. The van der Waals surface area contributed by atoms with Gasteiger partial charge < -0.3 is 4.90 Å². The molecule has 0 atom stereocenters. The first-order valence-electron chi connectivity index (χ1n) is 5.38. The molecule has 0 saturated heterocycles. The molecule has 1 aromatic heterocycles. The molecule has 0 radical (unpaired) electrons. The maximum atomic E-state index is 12.3. The Morgan fingerprint density at radius 3 is 2.55 bits per heavy atom. The highest BCUT2D eigenvalue weighted by Crippen LogP contribution is 2.35. The van der Waals surface area contributed by atoms with E-state index in [9.17, 15) is 8.42 Å². The van der Waals surface area contributed by atoms with Crippen LogP contribution in [0.4, 0.5) is 0 Å². The molecule has 1 aliphatic heterocycles. The van der Waals surface area contributed by atoms with Gasteiger partial charge in [-0.1, -0.05) is 23.2 Å². The minimum atomic E-state index is -3.87. The number of amidine groups is 1. The smallest absolute Gasteiger partial charge is 0.353 e. The Labute approximate surface area is 129 Å². The van der Waals surface area contributed by atoms with Crippen molar-refractivity contribution in [1.29, 1.82) is 0 Å². The van der Waals surface area contributed by atoms with Crippen LogP contribution in [0.1, 0.15) is 0 Å². The van der Waals surface area contributed by atoms with Gasteiger partial charge in [0.05, 0.1) is 21.1 Å². The van der Waals surface area contributed by atoms with E-state index in [0.29, 0.717) is 26.4 Å². The quantitative estimate of drug-likeness (QED) is 0.729. The standard InChI is InChI=1S/C10H8Cl2N4O2S2/c1-15(2)10-14-20(17,18)16-8-4-6(12)5(11)3-7(8)13-9(16)19-10/h3-4H,1-2H3. The molecule has 0 bridgehead atoms. The number of thioether (sulfide) groups is 1. The van der Waals surface area contributed by atoms with Gasteiger partial charge >= 0.3 is 10.2 Å². The van der Waals surface area contributed by atoms with Gasteiger partial charge in [-0.3, -0.25) is 0 Å². The van der Waals surface area contributed by atoms with Crippen LogP contribution in [0.2, 0.25) is 10.0 Å². The molecule has 2 aromatic rings. The highest BCUT2D eigenvalue weighted by molar-refractivity contribution is 8.15. The highest BCUT2D eigenvalue weighted by Gasteiger charge is 2.30. The van der Waals surface area contributed by atoms with E-state index in [2.05, 4.69) is 9.38 Å². The molecule has 0 saturated carbocycles. The summed E-state index contributed by atoms with van der Waals surface area (Å²) in [6, 6.07) is 3.01. The average molecular weight is 351 g/mol. The van der Waals surface area contributed by atoms with Crippen molar-refractivity contribution in [1.82, 2.24) is 13.9 Å². The lowest BCUT2D eigenvalue weighted by Gasteiger charge is -2.18. The molecule has 0 fully saturated rings. The van der Waals surface area contributed by atoms with Crippen molar-refractivity contribution in [3.05, 3.63) is 22.2 Å². The number of benzene rings is 1. The van der Waals surface area contributed by atoms with Crippen LogP contribution in [0, 0.1) is 0 Å². The number of halogens is 2. The van der Waals surface area contributed by atoms with Gasteiger partial charge in [-0.25, -0.2) is 4.98 Å². The van der Waals surface area contributed by atoms with Crippen molar-refractivity contribution in [2.75, 3.05) is 14.1 Å². The van der Waals surface area contributed by atoms with Gasteiger partial charge in [0.2, 0.25) is 0 Å². The molecular weight excluding hydrogens is 343 g/mol. The molecule has 0 amide bonds. The van der Waals surface area contributed by atoms with Gasteiger partial charge in [-0.15, -0.1) is 4.40 Å². The molecule has 0 aliphatic carbocycles. The summed E-state index contributed by atoms with van der Waals surface area (Å²) in [5.41, 5.74) is 0.823. The minimum Gasteiger partial charge on any atom is -0.356 e. The topological polar surface area (TPSA) is 67.6 Å². The normalized spacial score (nSPS) is 16.9. The lowest BCUT2D eigenvalue weighted by Crippen LogP contribution is -2.26. The molecule has 1 aliphatic rings. The second-order valence-electron chi connectivity index (χ2n) is 4.26. The number of fused-ring (bicyclic) bond motifs is 3. The molecule has 1 aromatic carbocycles. The Bertz CT molecular complexity index is 858. The van der Waals surface area contributed by atoms with Crippen molar-refractivity contribution >= 4 is 61.4 Å². The molecule has 106 valence electrons. The molecule has 0 N–H and O–H groups in total. The zero-order valence-electron chi connectivity index (χ0n) is 10.3. The van der Waals surface area contributed by atoms with Crippen molar-refractivity contribution in [3.63, 3.8) is 0 Å². The van der Waals surface area contributed by atoms with E-state index in [-0.39, 0.29) is 5.02 Å². The summed E-state index contributed by atoms with van der Waals surface area (Å²) in [5, 5.41) is 1.26. The summed E-state index contributed by atoms with van der Waals surface area (Å²) in [6.45, 7) is 0. The van der Waals surface area contributed by atoms with Crippen LogP contribution in [0.3, 0.4) is 0 Å². The van der Waals surface area contributed by atoms with Crippen LogP contribution < -0.4 is 0 Å². The highest BCUT2D eigenvalue weighted by atomic mass is 35.5. The van der Waals surface area contributed by atoms with Crippen LogP contribution in [0.5, 0.6) is 0 Å². The Kier molecular flexibility index (Phi) is 3.16. The third-order valence-electron chi connectivity index (χ3n) is 2.62. The van der Waals surface area contributed by atoms with Gasteiger partial charge in [-0.05, 0) is 23.9 Å². The van der Waals surface area contributed by atoms with Crippen LogP contribution in [0.15, 0.2) is 21.7 Å². The first kappa shape index (κ1) is 14.0. The molecule has 0 spiro atoms. The fourth-order valence-corrected chi connectivity index (χ4v) is 4.62. The van der Waals surface area contributed by atoms with Crippen LogP contribution in [-0.4, -0.2) is 41.5 Å². The maximum Gasteiger partial charge on any atom is 0.353 e.